The first-order chi connectivity index (χ1) is 9.58. The lowest BCUT2D eigenvalue weighted by atomic mass is 9.97. The van der Waals surface area contributed by atoms with Gasteiger partial charge in [0, 0.05) is 25.2 Å². The van der Waals surface area contributed by atoms with Crippen molar-refractivity contribution in [3.8, 4) is 6.07 Å². The molecule has 2 aliphatic heterocycles. The van der Waals surface area contributed by atoms with Crippen molar-refractivity contribution in [2.75, 3.05) is 32.7 Å². The fraction of sp³-hybridized carbons (Fsp3) is 0.938. The molecule has 4 heteroatoms. The molecule has 4 nitrogen and oxygen atoms in total. The molecule has 2 rings (SSSR count). The van der Waals surface area contributed by atoms with Crippen molar-refractivity contribution in [1.29, 1.82) is 5.26 Å². The van der Waals surface area contributed by atoms with E-state index >= 15 is 0 Å². The second-order valence-electron chi connectivity index (χ2n) is 6.71. The van der Waals surface area contributed by atoms with Gasteiger partial charge in [0.15, 0.2) is 0 Å². The highest BCUT2D eigenvalue weighted by molar-refractivity contribution is 5.03. The van der Waals surface area contributed by atoms with E-state index in [0.29, 0.717) is 6.04 Å². The molecule has 0 spiro atoms. The molecule has 0 saturated carbocycles. The van der Waals surface area contributed by atoms with Gasteiger partial charge in [0.2, 0.25) is 0 Å². The molecule has 0 aromatic carbocycles. The predicted molar refractivity (Wildman–Crippen MR) is 82.6 cm³/mol. The number of rotatable bonds is 6. The van der Waals surface area contributed by atoms with Gasteiger partial charge in [-0.3, -0.25) is 15.1 Å². The molecule has 0 amide bonds. The van der Waals surface area contributed by atoms with E-state index in [1.54, 1.807) is 0 Å². The van der Waals surface area contributed by atoms with E-state index in [1.165, 1.54) is 32.5 Å². The minimum absolute atomic E-state index is 0.354. The maximum Gasteiger partial charge on any atom is 0.103 e. The SMILES string of the molecule is CCNC(C)(C#N)CCCN1CC2CCCN2CC1C. The maximum absolute atomic E-state index is 9.30. The highest BCUT2D eigenvalue weighted by Crippen LogP contribution is 2.25. The van der Waals surface area contributed by atoms with Crippen LogP contribution in [0.1, 0.15) is 46.5 Å². The third kappa shape index (κ3) is 3.72. The van der Waals surface area contributed by atoms with E-state index in [-0.39, 0.29) is 5.54 Å². The van der Waals surface area contributed by atoms with Crippen molar-refractivity contribution >= 4 is 0 Å². The Morgan fingerprint density at radius 2 is 2.20 bits per heavy atom. The highest BCUT2D eigenvalue weighted by atomic mass is 15.3. The van der Waals surface area contributed by atoms with Gasteiger partial charge in [-0.05, 0) is 59.2 Å². The van der Waals surface area contributed by atoms with E-state index in [2.05, 4.69) is 35.0 Å². The number of nitrogens with zero attached hydrogens (tertiary/aromatic N) is 3. The van der Waals surface area contributed by atoms with Crippen LogP contribution < -0.4 is 5.32 Å². The van der Waals surface area contributed by atoms with Gasteiger partial charge in [-0.2, -0.15) is 5.26 Å². The quantitative estimate of drug-likeness (QED) is 0.805. The van der Waals surface area contributed by atoms with Gasteiger partial charge in [0.25, 0.3) is 0 Å². The zero-order valence-electron chi connectivity index (χ0n) is 13.4. The van der Waals surface area contributed by atoms with E-state index < -0.39 is 0 Å². The zero-order valence-corrected chi connectivity index (χ0v) is 13.4. The molecule has 0 aromatic heterocycles. The summed E-state index contributed by atoms with van der Waals surface area (Å²) in [5.74, 6) is 0. The van der Waals surface area contributed by atoms with Gasteiger partial charge in [-0.25, -0.2) is 0 Å². The molecule has 2 aliphatic rings. The van der Waals surface area contributed by atoms with Crippen LogP contribution in [0.2, 0.25) is 0 Å². The first kappa shape index (κ1) is 15.8. The van der Waals surface area contributed by atoms with Gasteiger partial charge in [0.05, 0.1) is 6.07 Å². The Balaban J connectivity index is 1.77. The Bertz CT molecular complexity index is 351. The van der Waals surface area contributed by atoms with Crippen molar-refractivity contribution in [2.45, 2.75) is 64.1 Å². The Labute approximate surface area is 124 Å². The number of fused-ring (bicyclic) bond motifs is 1. The lowest BCUT2D eigenvalue weighted by Gasteiger charge is -2.42. The molecule has 0 aliphatic carbocycles. The minimum Gasteiger partial charge on any atom is -0.300 e. The summed E-state index contributed by atoms with van der Waals surface area (Å²) in [6.45, 7) is 12.2. The van der Waals surface area contributed by atoms with Crippen LogP contribution >= 0.6 is 0 Å². The predicted octanol–water partition coefficient (Wildman–Crippen LogP) is 1.83. The Morgan fingerprint density at radius 3 is 2.90 bits per heavy atom. The zero-order chi connectivity index (χ0) is 14.6. The molecule has 2 fully saturated rings. The average molecular weight is 278 g/mol. The van der Waals surface area contributed by atoms with Gasteiger partial charge < -0.3 is 0 Å². The summed E-state index contributed by atoms with van der Waals surface area (Å²) in [7, 11) is 0. The second kappa shape index (κ2) is 6.89. The molecule has 3 unspecified atom stereocenters. The van der Waals surface area contributed by atoms with Crippen LogP contribution in [0.25, 0.3) is 0 Å². The Hall–Kier alpha value is -0.630. The van der Waals surface area contributed by atoms with Gasteiger partial charge in [0.1, 0.15) is 5.54 Å². The van der Waals surface area contributed by atoms with E-state index in [0.717, 1.165) is 32.0 Å². The summed E-state index contributed by atoms with van der Waals surface area (Å²) in [4.78, 5) is 5.30. The maximum atomic E-state index is 9.30. The molecule has 114 valence electrons. The smallest absolute Gasteiger partial charge is 0.103 e. The molecule has 3 atom stereocenters. The van der Waals surface area contributed by atoms with Crippen LogP contribution in [0, 0.1) is 11.3 Å². The molecular formula is C16H30N4. The first-order valence-electron chi connectivity index (χ1n) is 8.22. The number of nitrogens with one attached hydrogen (secondary N) is 1. The molecule has 0 bridgehead atoms. The van der Waals surface area contributed by atoms with Crippen LogP contribution in [0.3, 0.4) is 0 Å². The second-order valence-corrected chi connectivity index (χ2v) is 6.71. The summed E-state index contributed by atoms with van der Waals surface area (Å²) < 4.78 is 0. The van der Waals surface area contributed by atoms with Crippen molar-refractivity contribution in [2.24, 2.45) is 0 Å². The summed E-state index contributed by atoms with van der Waals surface area (Å²) in [6, 6.07) is 3.88. The fourth-order valence-corrected chi connectivity index (χ4v) is 3.77. The first-order valence-corrected chi connectivity index (χ1v) is 8.22. The molecule has 1 N–H and O–H groups in total. The normalized spacial score (nSPS) is 30.7. The summed E-state index contributed by atoms with van der Waals surface area (Å²) >= 11 is 0. The molecular weight excluding hydrogens is 248 g/mol. The van der Waals surface area contributed by atoms with E-state index in [4.69, 9.17) is 0 Å². The van der Waals surface area contributed by atoms with Crippen LogP contribution in [-0.2, 0) is 0 Å². The summed E-state index contributed by atoms with van der Waals surface area (Å²) in [6.07, 6.45) is 4.79. The molecule has 2 saturated heterocycles. The average Bonchev–Trinajstić information content (AvgIpc) is 2.86. The third-order valence-corrected chi connectivity index (χ3v) is 5.00. The largest absolute Gasteiger partial charge is 0.300 e. The number of piperazine rings is 1. The number of hydrogen-bond donors (Lipinski definition) is 1. The van der Waals surface area contributed by atoms with Crippen molar-refractivity contribution in [3.05, 3.63) is 0 Å². The minimum atomic E-state index is -0.354. The fourth-order valence-electron chi connectivity index (χ4n) is 3.77. The van der Waals surface area contributed by atoms with E-state index in [1.807, 2.05) is 6.92 Å². The topological polar surface area (TPSA) is 42.3 Å². The molecule has 0 radical (unpaired) electrons. The van der Waals surface area contributed by atoms with Crippen LogP contribution in [0.15, 0.2) is 0 Å². The van der Waals surface area contributed by atoms with E-state index in [9.17, 15) is 5.26 Å². The van der Waals surface area contributed by atoms with Crippen molar-refractivity contribution in [1.82, 2.24) is 15.1 Å². The van der Waals surface area contributed by atoms with Gasteiger partial charge in [-0.15, -0.1) is 0 Å². The van der Waals surface area contributed by atoms with Gasteiger partial charge >= 0.3 is 0 Å². The van der Waals surface area contributed by atoms with Gasteiger partial charge in [-0.1, -0.05) is 6.92 Å². The number of hydrogen-bond acceptors (Lipinski definition) is 4. The Kier molecular flexibility index (Phi) is 5.42. The molecule has 20 heavy (non-hydrogen) atoms. The summed E-state index contributed by atoms with van der Waals surface area (Å²) in [5, 5.41) is 12.6. The van der Waals surface area contributed by atoms with Crippen molar-refractivity contribution < 1.29 is 0 Å². The lowest BCUT2D eigenvalue weighted by Crippen LogP contribution is -2.55. The molecule has 0 aromatic rings. The van der Waals surface area contributed by atoms with Crippen LogP contribution in [0.4, 0.5) is 0 Å². The standard InChI is InChI=1S/C16H30N4/c1-4-18-16(3,13-17)8-6-10-19-12-15-7-5-9-20(15)11-14(19)2/h14-15,18H,4-12H2,1-3H3. The third-order valence-electron chi connectivity index (χ3n) is 5.00. The molecule has 2 heterocycles. The highest BCUT2D eigenvalue weighted by Gasteiger charge is 2.34. The number of nitriles is 1. The van der Waals surface area contributed by atoms with Crippen molar-refractivity contribution in [3.63, 3.8) is 0 Å². The monoisotopic (exact) mass is 278 g/mol. The summed E-state index contributed by atoms with van der Waals surface area (Å²) in [5.41, 5.74) is -0.354. The van der Waals surface area contributed by atoms with Crippen LogP contribution in [-0.4, -0.2) is 60.1 Å². The Morgan fingerprint density at radius 1 is 1.40 bits per heavy atom. The van der Waals surface area contributed by atoms with Crippen LogP contribution in [0.5, 0.6) is 0 Å². The lowest BCUT2D eigenvalue weighted by molar-refractivity contribution is 0.0574.